The first-order valence-electron chi connectivity index (χ1n) is 10.0. The molecule has 2 amide bonds. The van der Waals surface area contributed by atoms with Crippen LogP contribution in [0.25, 0.3) is 0 Å². The zero-order chi connectivity index (χ0) is 20.9. The van der Waals surface area contributed by atoms with E-state index >= 15 is 0 Å². The molecule has 156 valence electrons. The van der Waals surface area contributed by atoms with Gasteiger partial charge in [-0.2, -0.15) is 0 Å². The molecule has 0 aliphatic heterocycles. The number of hydrogen-bond donors (Lipinski definition) is 3. The van der Waals surface area contributed by atoms with Gasteiger partial charge in [0, 0.05) is 20.2 Å². The number of benzene rings is 2. The number of likely N-dealkylation sites (N-methyl/N-ethyl adjacent to an activating group) is 1. The number of carbonyl (C=O) groups excluding carboxylic acids is 2. The minimum atomic E-state index is -0.608. The first-order valence-corrected chi connectivity index (χ1v) is 10.0. The highest BCUT2D eigenvalue weighted by Gasteiger charge is 2.09. The molecule has 3 N–H and O–H groups in total. The molecule has 0 aliphatic carbocycles. The zero-order valence-electron chi connectivity index (χ0n) is 16.9. The van der Waals surface area contributed by atoms with Crippen LogP contribution in [0.1, 0.15) is 36.0 Å². The average Bonchev–Trinajstić information content (AvgIpc) is 2.74. The monoisotopic (exact) mass is 398 g/mol. The van der Waals surface area contributed by atoms with E-state index in [4.69, 9.17) is 4.74 Å². The van der Waals surface area contributed by atoms with Gasteiger partial charge in [0.25, 0.3) is 0 Å². The number of phenols is 1. The fourth-order valence-electron chi connectivity index (χ4n) is 3.03. The Morgan fingerprint density at radius 3 is 2.21 bits per heavy atom. The predicted molar refractivity (Wildman–Crippen MR) is 113 cm³/mol. The van der Waals surface area contributed by atoms with Gasteiger partial charge in [-0.3, -0.25) is 9.59 Å². The predicted octanol–water partition coefficient (Wildman–Crippen LogP) is 2.73. The number of amides is 2. The Labute approximate surface area is 172 Å². The van der Waals surface area contributed by atoms with Gasteiger partial charge in [-0.05, 0) is 60.9 Å². The first kappa shape index (κ1) is 22.4. The van der Waals surface area contributed by atoms with Crippen LogP contribution < -0.4 is 10.6 Å². The summed E-state index contributed by atoms with van der Waals surface area (Å²) in [4.78, 5) is 22.5. The Kier molecular flexibility index (Phi) is 9.72. The molecule has 0 fully saturated rings. The van der Waals surface area contributed by atoms with Crippen molar-refractivity contribution in [2.24, 2.45) is 0 Å². The second kappa shape index (κ2) is 12.6. The maximum absolute atomic E-state index is 11.4. The molecule has 0 atom stereocenters. The van der Waals surface area contributed by atoms with Crippen LogP contribution >= 0.6 is 0 Å². The van der Waals surface area contributed by atoms with Crippen LogP contribution in [0.15, 0.2) is 48.5 Å². The summed E-state index contributed by atoms with van der Waals surface area (Å²) in [6.45, 7) is 1.73. The number of unbranched alkanes of at least 4 members (excludes halogenated alkanes) is 1. The minimum Gasteiger partial charge on any atom is -0.508 e. The Bertz CT molecular complexity index is 775. The van der Waals surface area contributed by atoms with Gasteiger partial charge >= 0.3 is 11.8 Å². The summed E-state index contributed by atoms with van der Waals surface area (Å²) in [5.74, 6) is -0.928. The first-order chi connectivity index (χ1) is 14.1. The van der Waals surface area contributed by atoms with Gasteiger partial charge in [0.15, 0.2) is 0 Å². The van der Waals surface area contributed by atoms with Crippen LogP contribution in [0, 0.1) is 0 Å². The highest BCUT2D eigenvalue weighted by molar-refractivity contribution is 6.34. The fraction of sp³-hybridized carbons (Fsp3) is 0.391. The molecule has 6 heteroatoms. The van der Waals surface area contributed by atoms with E-state index in [1.807, 2.05) is 18.2 Å². The molecule has 2 rings (SSSR count). The van der Waals surface area contributed by atoms with Gasteiger partial charge in [0.1, 0.15) is 5.75 Å². The van der Waals surface area contributed by atoms with Gasteiger partial charge in [-0.25, -0.2) is 0 Å². The standard InChI is InChI=1S/C23H30N2O4/c1-24-22(27)23(28)25-15-5-4-9-19-7-2-3-8-20(19)10-6-16-29-17-18-11-13-21(26)14-12-18/h2-3,7-8,11-14,26H,4-6,9-10,15-17H2,1H3,(H,24,27)(H,25,28). The molecular formula is C23H30N2O4. The highest BCUT2D eigenvalue weighted by atomic mass is 16.5. The van der Waals surface area contributed by atoms with E-state index in [-0.39, 0.29) is 5.75 Å². The Hall–Kier alpha value is -2.86. The molecule has 0 radical (unpaired) electrons. The summed E-state index contributed by atoms with van der Waals surface area (Å²) in [6, 6.07) is 15.5. The minimum absolute atomic E-state index is 0.263. The van der Waals surface area contributed by atoms with Crippen molar-refractivity contribution in [1.29, 1.82) is 0 Å². The Morgan fingerprint density at radius 1 is 0.897 bits per heavy atom. The van der Waals surface area contributed by atoms with E-state index in [1.54, 1.807) is 12.1 Å². The smallest absolute Gasteiger partial charge is 0.309 e. The van der Waals surface area contributed by atoms with Crippen molar-refractivity contribution in [3.63, 3.8) is 0 Å². The third-order valence-corrected chi connectivity index (χ3v) is 4.65. The average molecular weight is 399 g/mol. The third kappa shape index (κ3) is 8.35. The van der Waals surface area contributed by atoms with E-state index in [1.165, 1.54) is 18.2 Å². The quantitative estimate of drug-likeness (QED) is 0.401. The summed E-state index contributed by atoms with van der Waals surface area (Å²) >= 11 is 0. The molecule has 2 aromatic rings. The fourth-order valence-corrected chi connectivity index (χ4v) is 3.03. The lowest BCUT2D eigenvalue weighted by Gasteiger charge is -2.10. The van der Waals surface area contributed by atoms with Crippen LogP contribution in [0.4, 0.5) is 0 Å². The lowest BCUT2D eigenvalue weighted by Crippen LogP contribution is -2.38. The van der Waals surface area contributed by atoms with Crippen molar-refractivity contribution in [3.8, 4) is 5.75 Å². The lowest BCUT2D eigenvalue weighted by atomic mass is 9.98. The molecule has 0 saturated heterocycles. The van der Waals surface area contributed by atoms with Crippen LogP contribution in [-0.4, -0.2) is 37.1 Å². The van der Waals surface area contributed by atoms with Gasteiger partial charge in [0.2, 0.25) is 0 Å². The van der Waals surface area contributed by atoms with Crippen LogP contribution in [0.2, 0.25) is 0 Å². The molecule has 0 aromatic heterocycles. The van der Waals surface area contributed by atoms with Gasteiger partial charge in [0.05, 0.1) is 6.61 Å². The maximum atomic E-state index is 11.4. The number of ether oxygens (including phenoxy) is 1. The van der Waals surface area contributed by atoms with Crippen molar-refractivity contribution in [2.75, 3.05) is 20.2 Å². The van der Waals surface area contributed by atoms with E-state index in [2.05, 4.69) is 28.8 Å². The van der Waals surface area contributed by atoms with Gasteiger partial charge in [-0.1, -0.05) is 36.4 Å². The number of rotatable bonds is 11. The van der Waals surface area contributed by atoms with E-state index in [0.717, 1.165) is 37.7 Å². The summed E-state index contributed by atoms with van der Waals surface area (Å²) in [5, 5.41) is 14.2. The normalized spacial score (nSPS) is 10.5. The molecule has 6 nitrogen and oxygen atoms in total. The topological polar surface area (TPSA) is 87.7 Å². The summed E-state index contributed by atoms with van der Waals surface area (Å²) < 4.78 is 5.73. The lowest BCUT2D eigenvalue weighted by molar-refractivity contribution is -0.138. The third-order valence-electron chi connectivity index (χ3n) is 4.65. The van der Waals surface area contributed by atoms with Crippen molar-refractivity contribution >= 4 is 11.8 Å². The SMILES string of the molecule is CNC(=O)C(=O)NCCCCc1ccccc1CCCOCc1ccc(O)cc1. The van der Waals surface area contributed by atoms with E-state index in [0.29, 0.717) is 19.8 Å². The van der Waals surface area contributed by atoms with Gasteiger partial charge in [-0.15, -0.1) is 0 Å². The van der Waals surface area contributed by atoms with Gasteiger partial charge < -0.3 is 20.5 Å². The van der Waals surface area contributed by atoms with Crippen molar-refractivity contribution < 1.29 is 19.4 Å². The molecular weight excluding hydrogens is 368 g/mol. The Balaban J connectivity index is 1.65. The molecule has 0 saturated carbocycles. The summed E-state index contributed by atoms with van der Waals surface area (Å²) in [7, 11) is 1.44. The number of aryl methyl sites for hydroxylation is 2. The molecule has 0 unspecified atom stereocenters. The zero-order valence-corrected chi connectivity index (χ0v) is 16.9. The number of carbonyl (C=O) groups is 2. The van der Waals surface area contributed by atoms with Crippen molar-refractivity contribution in [3.05, 3.63) is 65.2 Å². The molecule has 2 aromatic carbocycles. The highest BCUT2D eigenvalue weighted by Crippen LogP contribution is 2.15. The molecule has 0 heterocycles. The van der Waals surface area contributed by atoms with Crippen molar-refractivity contribution in [2.45, 2.75) is 38.7 Å². The van der Waals surface area contributed by atoms with Crippen molar-refractivity contribution in [1.82, 2.24) is 10.6 Å². The summed E-state index contributed by atoms with van der Waals surface area (Å²) in [5.41, 5.74) is 3.70. The van der Waals surface area contributed by atoms with Crippen LogP contribution in [0.3, 0.4) is 0 Å². The second-order valence-corrected chi connectivity index (χ2v) is 6.88. The number of aromatic hydroxyl groups is 1. The number of nitrogens with one attached hydrogen (secondary N) is 2. The number of phenolic OH excluding ortho intramolecular Hbond substituents is 1. The maximum Gasteiger partial charge on any atom is 0.309 e. The molecule has 0 bridgehead atoms. The largest absolute Gasteiger partial charge is 0.508 e. The van der Waals surface area contributed by atoms with Crippen LogP contribution in [-0.2, 0) is 33.8 Å². The Morgan fingerprint density at radius 2 is 1.55 bits per heavy atom. The second-order valence-electron chi connectivity index (χ2n) is 6.88. The molecule has 29 heavy (non-hydrogen) atoms. The summed E-state index contributed by atoms with van der Waals surface area (Å²) in [6.07, 6.45) is 4.62. The van der Waals surface area contributed by atoms with E-state index < -0.39 is 11.8 Å². The number of hydrogen-bond acceptors (Lipinski definition) is 4. The molecule has 0 aliphatic rings. The van der Waals surface area contributed by atoms with E-state index in [9.17, 15) is 14.7 Å². The molecule has 0 spiro atoms. The van der Waals surface area contributed by atoms with Crippen LogP contribution in [0.5, 0.6) is 5.75 Å².